The third kappa shape index (κ3) is 3.77. The van der Waals surface area contributed by atoms with E-state index in [0.717, 1.165) is 11.1 Å². The molecule has 2 aliphatic rings. The maximum atomic E-state index is 12.8. The first-order valence-corrected chi connectivity index (χ1v) is 10.9. The van der Waals surface area contributed by atoms with E-state index in [1.165, 1.54) is 0 Å². The van der Waals surface area contributed by atoms with E-state index in [2.05, 4.69) is 0 Å². The minimum Gasteiger partial charge on any atom is -0.335 e. The maximum Gasteiger partial charge on any atom is 0.227 e. The quantitative estimate of drug-likeness (QED) is 0.787. The lowest BCUT2D eigenvalue weighted by Crippen LogP contribution is -2.62. The zero-order valence-electron chi connectivity index (χ0n) is 15.5. The van der Waals surface area contributed by atoms with E-state index in [1.807, 2.05) is 45.0 Å². The zero-order valence-corrected chi connectivity index (χ0v) is 16.3. The SMILES string of the molecule is Cc1ccc(CC(=O)N2CCN(C(=O)C(C)C)[C@@H]3CS(=O)(=O)C[C@@H]32)cc1. The Morgan fingerprint density at radius 2 is 1.58 bits per heavy atom. The summed E-state index contributed by atoms with van der Waals surface area (Å²) in [5, 5.41) is 0. The van der Waals surface area contributed by atoms with Crippen molar-refractivity contribution in [2.75, 3.05) is 24.6 Å². The molecule has 2 heterocycles. The molecule has 0 N–H and O–H groups in total. The molecule has 2 saturated heterocycles. The number of benzene rings is 1. The molecule has 0 aliphatic carbocycles. The Hall–Kier alpha value is -1.89. The molecule has 2 amide bonds. The molecule has 2 fully saturated rings. The highest BCUT2D eigenvalue weighted by atomic mass is 32.2. The van der Waals surface area contributed by atoms with Gasteiger partial charge >= 0.3 is 0 Å². The summed E-state index contributed by atoms with van der Waals surface area (Å²) < 4.78 is 24.4. The monoisotopic (exact) mass is 378 g/mol. The van der Waals surface area contributed by atoms with Gasteiger partial charge in [-0.2, -0.15) is 0 Å². The van der Waals surface area contributed by atoms with Crippen LogP contribution in [0.4, 0.5) is 0 Å². The second-order valence-electron chi connectivity index (χ2n) is 7.65. The third-order valence-electron chi connectivity index (χ3n) is 5.25. The molecule has 0 spiro atoms. The normalized spacial score (nSPS) is 24.6. The van der Waals surface area contributed by atoms with Gasteiger partial charge in [0.1, 0.15) is 0 Å². The molecular weight excluding hydrogens is 352 g/mol. The van der Waals surface area contributed by atoms with Gasteiger partial charge in [0.2, 0.25) is 11.8 Å². The number of amides is 2. The Labute approximate surface area is 155 Å². The first-order chi connectivity index (χ1) is 12.2. The highest BCUT2D eigenvalue weighted by Gasteiger charge is 2.49. The average Bonchev–Trinajstić information content (AvgIpc) is 2.89. The average molecular weight is 378 g/mol. The van der Waals surface area contributed by atoms with Crippen molar-refractivity contribution in [1.29, 1.82) is 0 Å². The van der Waals surface area contributed by atoms with Crippen LogP contribution in [-0.2, 0) is 25.8 Å². The second-order valence-corrected chi connectivity index (χ2v) is 9.80. The fourth-order valence-electron chi connectivity index (χ4n) is 3.85. The number of fused-ring (bicyclic) bond motifs is 1. The van der Waals surface area contributed by atoms with E-state index in [4.69, 9.17) is 0 Å². The van der Waals surface area contributed by atoms with E-state index < -0.39 is 21.9 Å². The number of hydrogen-bond donors (Lipinski definition) is 0. The van der Waals surface area contributed by atoms with Crippen molar-refractivity contribution >= 4 is 21.7 Å². The van der Waals surface area contributed by atoms with Crippen molar-refractivity contribution in [2.24, 2.45) is 5.92 Å². The number of nitrogens with zero attached hydrogens (tertiary/aromatic N) is 2. The van der Waals surface area contributed by atoms with Crippen LogP contribution in [0.3, 0.4) is 0 Å². The molecule has 142 valence electrons. The summed E-state index contributed by atoms with van der Waals surface area (Å²) in [7, 11) is -3.25. The van der Waals surface area contributed by atoms with E-state index in [0.29, 0.717) is 13.1 Å². The Morgan fingerprint density at radius 3 is 2.15 bits per heavy atom. The molecule has 0 saturated carbocycles. The van der Waals surface area contributed by atoms with Crippen LogP contribution in [0.1, 0.15) is 25.0 Å². The summed E-state index contributed by atoms with van der Waals surface area (Å²) >= 11 is 0. The van der Waals surface area contributed by atoms with Gasteiger partial charge < -0.3 is 9.80 Å². The Morgan fingerprint density at radius 1 is 1.04 bits per heavy atom. The molecule has 7 heteroatoms. The van der Waals surface area contributed by atoms with E-state index in [9.17, 15) is 18.0 Å². The lowest BCUT2D eigenvalue weighted by Gasteiger charge is -2.44. The van der Waals surface area contributed by atoms with Gasteiger partial charge in [-0.3, -0.25) is 9.59 Å². The van der Waals surface area contributed by atoms with Crippen molar-refractivity contribution in [3.8, 4) is 0 Å². The standard InChI is InChI=1S/C19H26N2O4S/c1-13(2)19(23)21-9-8-20(16-11-26(24,25)12-17(16)21)18(22)10-15-6-4-14(3)5-7-15/h4-7,13,16-17H,8-12H2,1-3H3/t16-,17+/m0/s1. The van der Waals surface area contributed by atoms with Gasteiger partial charge in [0.05, 0.1) is 30.0 Å². The lowest BCUT2D eigenvalue weighted by atomic mass is 10.0. The molecule has 0 radical (unpaired) electrons. The molecule has 2 aliphatic heterocycles. The van der Waals surface area contributed by atoms with Crippen molar-refractivity contribution in [2.45, 2.75) is 39.3 Å². The summed E-state index contributed by atoms with van der Waals surface area (Å²) in [6, 6.07) is 6.92. The van der Waals surface area contributed by atoms with Crippen LogP contribution < -0.4 is 0 Å². The molecule has 0 unspecified atom stereocenters. The maximum absolute atomic E-state index is 12.8. The molecule has 0 aromatic heterocycles. The molecule has 1 aromatic carbocycles. The van der Waals surface area contributed by atoms with Crippen LogP contribution in [0, 0.1) is 12.8 Å². The third-order valence-corrected chi connectivity index (χ3v) is 6.95. The summed E-state index contributed by atoms with van der Waals surface area (Å²) in [6.45, 7) is 6.41. The van der Waals surface area contributed by atoms with E-state index >= 15 is 0 Å². The van der Waals surface area contributed by atoms with Gasteiger partial charge in [0, 0.05) is 19.0 Å². The minimum atomic E-state index is -3.25. The van der Waals surface area contributed by atoms with Crippen LogP contribution in [0.15, 0.2) is 24.3 Å². The number of carbonyl (C=O) groups is 2. The highest BCUT2D eigenvalue weighted by molar-refractivity contribution is 7.91. The van der Waals surface area contributed by atoms with Gasteiger partial charge in [-0.25, -0.2) is 8.42 Å². The van der Waals surface area contributed by atoms with Gasteiger partial charge in [-0.05, 0) is 12.5 Å². The summed E-state index contributed by atoms with van der Waals surface area (Å²) in [5.41, 5.74) is 2.04. The fourth-order valence-corrected chi connectivity index (χ4v) is 5.83. The zero-order chi connectivity index (χ0) is 19.1. The number of hydrogen-bond acceptors (Lipinski definition) is 4. The largest absolute Gasteiger partial charge is 0.335 e. The Balaban J connectivity index is 1.80. The van der Waals surface area contributed by atoms with Crippen LogP contribution >= 0.6 is 0 Å². The fraction of sp³-hybridized carbons (Fsp3) is 0.579. The smallest absolute Gasteiger partial charge is 0.227 e. The van der Waals surface area contributed by atoms with Crippen LogP contribution in [0.2, 0.25) is 0 Å². The predicted molar refractivity (Wildman–Crippen MR) is 99.4 cm³/mol. The van der Waals surface area contributed by atoms with Gasteiger partial charge in [0.15, 0.2) is 9.84 Å². The summed E-state index contributed by atoms with van der Waals surface area (Å²) in [6.07, 6.45) is 0.252. The topological polar surface area (TPSA) is 74.8 Å². The van der Waals surface area contributed by atoms with Crippen LogP contribution in [-0.4, -0.2) is 66.7 Å². The number of carbonyl (C=O) groups excluding carboxylic acids is 2. The number of aryl methyl sites for hydroxylation is 1. The minimum absolute atomic E-state index is 0.0391. The van der Waals surface area contributed by atoms with Crippen LogP contribution in [0.5, 0.6) is 0 Å². The molecular formula is C19H26N2O4S. The molecule has 26 heavy (non-hydrogen) atoms. The van der Waals surface area contributed by atoms with Crippen LogP contribution in [0.25, 0.3) is 0 Å². The number of sulfone groups is 1. The lowest BCUT2D eigenvalue weighted by molar-refractivity contribution is -0.147. The van der Waals surface area contributed by atoms with Crippen molar-refractivity contribution in [3.63, 3.8) is 0 Å². The van der Waals surface area contributed by atoms with Crippen molar-refractivity contribution in [3.05, 3.63) is 35.4 Å². The van der Waals surface area contributed by atoms with Crippen molar-refractivity contribution in [1.82, 2.24) is 9.80 Å². The molecule has 2 atom stereocenters. The number of rotatable bonds is 3. The molecule has 1 aromatic rings. The van der Waals surface area contributed by atoms with E-state index in [1.54, 1.807) is 9.80 Å². The molecule has 0 bridgehead atoms. The second kappa shape index (κ2) is 7.02. The predicted octanol–water partition coefficient (Wildman–Crippen LogP) is 1.03. The van der Waals surface area contributed by atoms with Gasteiger partial charge in [-0.15, -0.1) is 0 Å². The number of piperazine rings is 1. The summed E-state index contributed by atoms with van der Waals surface area (Å²) in [4.78, 5) is 28.7. The Kier molecular flexibility index (Phi) is 5.10. The van der Waals surface area contributed by atoms with Gasteiger partial charge in [0.25, 0.3) is 0 Å². The van der Waals surface area contributed by atoms with Gasteiger partial charge in [-0.1, -0.05) is 43.7 Å². The molecule has 3 rings (SSSR count). The van der Waals surface area contributed by atoms with Crippen molar-refractivity contribution < 1.29 is 18.0 Å². The highest BCUT2D eigenvalue weighted by Crippen LogP contribution is 2.28. The summed E-state index contributed by atoms with van der Waals surface area (Å²) in [5.74, 6) is -0.405. The van der Waals surface area contributed by atoms with E-state index in [-0.39, 0.29) is 35.7 Å². The molecule has 6 nitrogen and oxygen atoms in total. The Bertz CT molecular complexity index is 801. The first-order valence-electron chi connectivity index (χ1n) is 9.04. The first kappa shape index (κ1) is 18.9.